The number of carbonyl (C=O) groups is 2. The van der Waals surface area contributed by atoms with E-state index >= 15 is 0 Å². The topological polar surface area (TPSA) is 107 Å². The largest absolute Gasteiger partial charge is 0.497 e. The minimum atomic E-state index is -0.381. The zero-order valence-corrected chi connectivity index (χ0v) is 27.6. The molecular formula is C37H45N5O4. The van der Waals surface area contributed by atoms with Gasteiger partial charge in [0, 0.05) is 29.7 Å². The average molecular weight is 624 g/mol. The third-order valence-corrected chi connectivity index (χ3v) is 8.67. The first kappa shape index (κ1) is 32.8. The molecule has 1 fully saturated rings. The highest BCUT2D eigenvalue weighted by Gasteiger charge is 2.31. The number of aryl methyl sites for hydroxylation is 1. The number of amides is 2. The maximum Gasteiger partial charge on any atom is 0.324 e. The highest BCUT2D eigenvalue weighted by molar-refractivity contribution is 6.01. The predicted molar refractivity (Wildman–Crippen MR) is 183 cm³/mol. The van der Waals surface area contributed by atoms with Crippen LogP contribution < -0.4 is 25.4 Å². The summed E-state index contributed by atoms with van der Waals surface area (Å²) in [5.41, 5.74) is 4.78. The second-order valence-corrected chi connectivity index (χ2v) is 13.0. The SMILES string of the molecule is COc1ccc(C(=O)CC(c2ccccc2NC(=O)Nc2cc(C(C)(C)C)nn2-c2ccc(C)cc2)C2CCNCC2)c(OC)c1. The van der Waals surface area contributed by atoms with E-state index in [0.29, 0.717) is 28.6 Å². The molecule has 1 unspecified atom stereocenters. The van der Waals surface area contributed by atoms with Crippen molar-refractivity contribution in [2.24, 2.45) is 5.92 Å². The van der Waals surface area contributed by atoms with Gasteiger partial charge in [-0.25, -0.2) is 9.48 Å². The summed E-state index contributed by atoms with van der Waals surface area (Å²) < 4.78 is 12.7. The van der Waals surface area contributed by atoms with Crippen molar-refractivity contribution in [2.45, 2.75) is 58.3 Å². The molecule has 242 valence electrons. The van der Waals surface area contributed by atoms with Crippen LogP contribution >= 0.6 is 0 Å². The Bertz CT molecular complexity index is 1670. The van der Waals surface area contributed by atoms with Gasteiger partial charge in [-0.1, -0.05) is 56.7 Å². The summed E-state index contributed by atoms with van der Waals surface area (Å²) >= 11 is 0. The van der Waals surface area contributed by atoms with Gasteiger partial charge in [-0.15, -0.1) is 0 Å². The number of hydrogen-bond acceptors (Lipinski definition) is 6. The zero-order chi connectivity index (χ0) is 32.8. The van der Waals surface area contributed by atoms with Gasteiger partial charge >= 0.3 is 6.03 Å². The Morgan fingerprint density at radius 2 is 1.67 bits per heavy atom. The van der Waals surface area contributed by atoms with Crippen molar-refractivity contribution in [3.8, 4) is 17.2 Å². The van der Waals surface area contributed by atoms with Gasteiger partial charge in [0.25, 0.3) is 0 Å². The van der Waals surface area contributed by atoms with Crippen LogP contribution in [0.25, 0.3) is 5.69 Å². The quantitative estimate of drug-likeness (QED) is 0.158. The van der Waals surface area contributed by atoms with Crippen LogP contribution in [-0.2, 0) is 5.41 Å². The van der Waals surface area contributed by atoms with Gasteiger partial charge in [-0.2, -0.15) is 5.10 Å². The minimum absolute atomic E-state index is 0.0148. The van der Waals surface area contributed by atoms with Crippen LogP contribution in [0.15, 0.2) is 72.8 Å². The fraction of sp³-hybridized carbons (Fsp3) is 0.378. The van der Waals surface area contributed by atoms with Gasteiger partial charge in [0.1, 0.15) is 17.3 Å². The molecule has 0 radical (unpaired) electrons. The van der Waals surface area contributed by atoms with Gasteiger partial charge in [-0.05, 0) is 80.6 Å². The lowest BCUT2D eigenvalue weighted by molar-refractivity contribution is 0.0956. The summed E-state index contributed by atoms with van der Waals surface area (Å²) in [5, 5.41) is 14.4. The molecule has 9 nitrogen and oxygen atoms in total. The van der Waals surface area contributed by atoms with Crippen molar-refractivity contribution in [3.05, 3.63) is 95.2 Å². The minimum Gasteiger partial charge on any atom is -0.497 e. The van der Waals surface area contributed by atoms with Crippen molar-refractivity contribution in [3.63, 3.8) is 0 Å². The van der Waals surface area contributed by atoms with Crippen LogP contribution in [0.4, 0.5) is 16.3 Å². The normalized spacial score (nSPS) is 14.4. The number of nitrogens with one attached hydrogen (secondary N) is 3. The Morgan fingerprint density at radius 3 is 2.35 bits per heavy atom. The Hall–Kier alpha value is -4.63. The molecule has 9 heteroatoms. The third-order valence-electron chi connectivity index (χ3n) is 8.67. The Balaban J connectivity index is 1.43. The van der Waals surface area contributed by atoms with E-state index in [2.05, 4.69) is 36.7 Å². The van der Waals surface area contributed by atoms with Gasteiger partial charge in [0.15, 0.2) is 5.78 Å². The maximum atomic E-state index is 13.9. The number of urea groups is 1. The molecular weight excluding hydrogens is 578 g/mol. The van der Waals surface area contributed by atoms with E-state index in [1.807, 2.05) is 61.5 Å². The summed E-state index contributed by atoms with van der Waals surface area (Å²) in [6.07, 6.45) is 2.15. The fourth-order valence-corrected chi connectivity index (χ4v) is 6.04. The molecule has 0 saturated carbocycles. The van der Waals surface area contributed by atoms with E-state index in [1.165, 1.54) is 0 Å². The smallest absolute Gasteiger partial charge is 0.324 e. The summed E-state index contributed by atoms with van der Waals surface area (Å²) in [7, 11) is 3.15. The number of aromatic nitrogens is 2. The number of rotatable bonds is 10. The predicted octanol–water partition coefficient (Wildman–Crippen LogP) is 7.50. The second kappa shape index (κ2) is 14.2. The summed E-state index contributed by atoms with van der Waals surface area (Å²) in [4.78, 5) is 27.5. The highest BCUT2D eigenvalue weighted by Crippen LogP contribution is 2.39. The van der Waals surface area contributed by atoms with E-state index < -0.39 is 0 Å². The Kier molecular flexibility index (Phi) is 10.1. The molecule has 1 aliphatic rings. The van der Waals surface area contributed by atoms with Crippen LogP contribution in [0, 0.1) is 12.8 Å². The van der Waals surface area contributed by atoms with Gasteiger partial charge in [-0.3, -0.25) is 10.1 Å². The van der Waals surface area contributed by atoms with E-state index in [-0.39, 0.29) is 35.5 Å². The molecule has 2 heterocycles. The molecule has 4 aromatic rings. The number of hydrogen-bond donors (Lipinski definition) is 3. The molecule has 1 aromatic heterocycles. The molecule has 3 N–H and O–H groups in total. The molecule has 3 aromatic carbocycles. The maximum absolute atomic E-state index is 13.9. The first-order valence-electron chi connectivity index (χ1n) is 15.9. The molecule has 0 bridgehead atoms. The van der Waals surface area contributed by atoms with E-state index in [1.54, 1.807) is 37.1 Å². The lowest BCUT2D eigenvalue weighted by atomic mass is 9.76. The average Bonchev–Trinajstić information content (AvgIpc) is 3.48. The standard InChI is InChI=1S/C37H45N5O4/c1-24-11-13-26(14-12-24)42-35(23-34(41-42)37(2,3)4)40-36(44)39-31-10-8-7-9-28(31)30(25-17-19-38-20-18-25)22-32(43)29-16-15-27(45-5)21-33(29)46-6/h7-16,21,23,25,30,38H,17-20,22H2,1-6H3,(H2,39,40,44). The lowest BCUT2D eigenvalue weighted by Crippen LogP contribution is -2.32. The number of nitrogens with zero attached hydrogens (tertiary/aromatic N) is 2. The number of ether oxygens (including phenoxy) is 2. The van der Waals surface area contributed by atoms with Crippen molar-refractivity contribution >= 4 is 23.3 Å². The van der Waals surface area contributed by atoms with E-state index in [9.17, 15) is 9.59 Å². The van der Waals surface area contributed by atoms with E-state index in [0.717, 1.165) is 48.4 Å². The third kappa shape index (κ3) is 7.59. The second-order valence-electron chi connectivity index (χ2n) is 13.0. The Morgan fingerprint density at radius 1 is 0.957 bits per heavy atom. The molecule has 0 aliphatic carbocycles. The van der Waals surface area contributed by atoms with Crippen LogP contribution in [0.3, 0.4) is 0 Å². The zero-order valence-electron chi connectivity index (χ0n) is 27.6. The van der Waals surface area contributed by atoms with Crippen molar-refractivity contribution in [1.29, 1.82) is 0 Å². The molecule has 1 aliphatic heterocycles. The van der Waals surface area contributed by atoms with Crippen molar-refractivity contribution in [1.82, 2.24) is 15.1 Å². The molecule has 2 amide bonds. The number of ketones is 1. The number of Topliss-reactive ketones (excluding diaryl/α,β-unsaturated/α-hetero) is 1. The summed E-state index contributed by atoms with van der Waals surface area (Å²) in [6.45, 7) is 10.1. The molecule has 1 atom stereocenters. The molecule has 0 spiro atoms. The number of para-hydroxylation sites is 1. The first-order chi connectivity index (χ1) is 22.1. The van der Waals surface area contributed by atoms with Crippen molar-refractivity contribution in [2.75, 3.05) is 37.9 Å². The molecule has 1 saturated heterocycles. The molecule has 46 heavy (non-hydrogen) atoms. The number of piperidine rings is 1. The van der Waals surface area contributed by atoms with Crippen LogP contribution in [0.5, 0.6) is 11.5 Å². The lowest BCUT2D eigenvalue weighted by Gasteiger charge is -2.32. The fourth-order valence-electron chi connectivity index (χ4n) is 6.04. The molecule has 5 rings (SSSR count). The van der Waals surface area contributed by atoms with Gasteiger partial charge in [0.2, 0.25) is 0 Å². The highest BCUT2D eigenvalue weighted by atomic mass is 16.5. The number of benzene rings is 3. The van der Waals surface area contributed by atoms with Crippen LogP contribution in [0.2, 0.25) is 0 Å². The van der Waals surface area contributed by atoms with Gasteiger partial charge in [0.05, 0.1) is 31.2 Å². The number of anilines is 2. The Labute approximate surface area is 271 Å². The number of methoxy groups -OCH3 is 2. The van der Waals surface area contributed by atoms with Crippen LogP contribution in [0.1, 0.15) is 73.1 Å². The van der Waals surface area contributed by atoms with Crippen LogP contribution in [-0.4, -0.2) is 48.9 Å². The monoisotopic (exact) mass is 623 g/mol. The summed E-state index contributed by atoms with van der Waals surface area (Å²) in [5.74, 6) is 1.82. The van der Waals surface area contributed by atoms with Crippen molar-refractivity contribution < 1.29 is 19.1 Å². The van der Waals surface area contributed by atoms with Gasteiger partial charge < -0.3 is 20.1 Å². The first-order valence-corrected chi connectivity index (χ1v) is 15.9. The summed E-state index contributed by atoms with van der Waals surface area (Å²) in [6, 6.07) is 22.6. The van der Waals surface area contributed by atoms with E-state index in [4.69, 9.17) is 14.6 Å². The number of carbonyl (C=O) groups excluding carboxylic acids is 2.